The lowest BCUT2D eigenvalue weighted by molar-refractivity contribution is 0.0925. The lowest BCUT2D eigenvalue weighted by Crippen LogP contribution is -2.13. The fourth-order valence-corrected chi connectivity index (χ4v) is 3.49. The largest absolute Gasteiger partial charge is 0.507 e. The monoisotopic (exact) mass is 370 g/mol. The molecule has 0 radical (unpaired) electrons. The highest BCUT2D eigenvalue weighted by molar-refractivity contribution is 6.12. The molecule has 3 rings (SSSR count). The third kappa shape index (κ3) is 3.15. The third-order valence-electron chi connectivity index (χ3n) is 5.24. The van der Waals surface area contributed by atoms with Crippen molar-refractivity contribution in [1.29, 1.82) is 0 Å². The van der Waals surface area contributed by atoms with Gasteiger partial charge in [-0.3, -0.25) is 4.79 Å². The molecule has 2 atom stereocenters. The molecular weight excluding hydrogens is 344 g/mol. The molecule has 5 heteroatoms. The van der Waals surface area contributed by atoms with Gasteiger partial charge in [-0.2, -0.15) is 0 Å². The summed E-state index contributed by atoms with van der Waals surface area (Å²) in [6.07, 6.45) is 3.43. The summed E-state index contributed by atoms with van der Waals surface area (Å²) in [5, 5.41) is 11.6. The Bertz CT molecular complexity index is 992. The summed E-state index contributed by atoms with van der Waals surface area (Å²) >= 11 is 0. The molecule has 0 spiro atoms. The van der Waals surface area contributed by atoms with Crippen LogP contribution < -0.4 is 10.4 Å². The second-order valence-corrected chi connectivity index (χ2v) is 7.43. The van der Waals surface area contributed by atoms with Gasteiger partial charge in [0.05, 0.1) is 5.39 Å². The minimum Gasteiger partial charge on any atom is -0.507 e. The molecule has 2 heterocycles. The van der Waals surface area contributed by atoms with Crippen molar-refractivity contribution in [1.82, 2.24) is 0 Å². The predicted molar refractivity (Wildman–Crippen MR) is 105 cm³/mol. The zero-order chi connectivity index (χ0) is 19.9. The molecule has 1 aromatic carbocycles. The van der Waals surface area contributed by atoms with Crippen LogP contribution in [-0.4, -0.2) is 10.9 Å². The summed E-state index contributed by atoms with van der Waals surface area (Å²) in [5.41, 5.74) is 2.10. The second kappa shape index (κ2) is 7.22. The molecule has 0 aliphatic carbocycles. The third-order valence-corrected chi connectivity index (χ3v) is 5.24. The van der Waals surface area contributed by atoms with Crippen LogP contribution in [0.2, 0.25) is 0 Å². The summed E-state index contributed by atoms with van der Waals surface area (Å²) in [6.45, 7) is 9.64. The molecular formula is C22H26O5. The number of allylic oxidation sites excluding steroid dienone is 2. The average molecular weight is 370 g/mol. The first-order valence-corrected chi connectivity index (χ1v) is 9.49. The molecule has 1 aromatic heterocycles. The average Bonchev–Trinajstić information content (AvgIpc) is 2.99. The Kier molecular flexibility index (Phi) is 5.13. The first kappa shape index (κ1) is 19.2. The zero-order valence-corrected chi connectivity index (χ0v) is 16.5. The molecule has 5 nitrogen and oxygen atoms in total. The smallest absolute Gasteiger partial charge is 0.336 e. The Morgan fingerprint density at radius 1 is 1.33 bits per heavy atom. The lowest BCUT2D eigenvalue weighted by atomic mass is 9.90. The molecule has 0 saturated carbocycles. The number of hydrogen-bond donors (Lipinski definition) is 1. The Balaban J connectivity index is 2.42. The van der Waals surface area contributed by atoms with Gasteiger partial charge < -0.3 is 14.3 Å². The van der Waals surface area contributed by atoms with E-state index in [0.29, 0.717) is 36.0 Å². The molecule has 1 aliphatic rings. The van der Waals surface area contributed by atoms with Crippen LogP contribution in [0.1, 0.15) is 75.0 Å². The molecule has 0 amide bonds. The highest BCUT2D eigenvalue weighted by Crippen LogP contribution is 2.50. The molecule has 27 heavy (non-hydrogen) atoms. The minimum atomic E-state index is -0.540. The van der Waals surface area contributed by atoms with E-state index in [9.17, 15) is 14.7 Å². The van der Waals surface area contributed by atoms with E-state index in [-0.39, 0.29) is 34.7 Å². The number of carbonyl (C=O) groups excluding carboxylic acids is 1. The molecule has 2 aromatic rings. The van der Waals surface area contributed by atoms with E-state index in [1.54, 1.807) is 0 Å². The Morgan fingerprint density at radius 2 is 2.04 bits per heavy atom. The lowest BCUT2D eigenvalue weighted by Gasteiger charge is -2.16. The quantitative estimate of drug-likeness (QED) is 0.436. The predicted octanol–water partition coefficient (Wildman–Crippen LogP) is 5.08. The summed E-state index contributed by atoms with van der Waals surface area (Å²) in [7, 11) is 0. The van der Waals surface area contributed by atoms with Gasteiger partial charge in [-0.05, 0) is 33.1 Å². The summed E-state index contributed by atoms with van der Waals surface area (Å²) in [6, 6.07) is 1.44. The molecule has 0 fully saturated rings. The number of Topliss-reactive ketones (excluding diaryl/α,β-unsaturated/α-hetero) is 1. The van der Waals surface area contributed by atoms with E-state index in [1.165, 1.54) is 6.07 Å². The molecule has 1 N–H and O–H groups in total. The Hall–Kier alpha value is -2.56. The van der Waals surface area contributed by atoms with Gasteiger partial charge in [-0.15, -0.1) is 0 Å². The number of ether oxygens (including phenoxy) is 1. The number of ketones is 1. The first-order chi connectivity index (χ1) is 12.8. The fourth-order valence-electron chi connectivity index (χ4n) is 3.49. The maximum absolute atomic E-state index is 13.0. The summed E-state index contributed by atoms with van der Waals surface area (Å²) in [4.78, 5) is 25.2. The van der Waals surface area contributed by atoms with Gasteiger partial charge in [0.1, 0.15) is 23.2 Å². The van der Waals surface area contributed by atoms with Gasteiger partial charge in [0.25, 0.3) is 0 Å². The van der Waals surface area contributed by atoms with E-state index in [1.807, 2.05) is 40.7 Å². The topological polar surface area (TPSA) is 76.7 Å². The summed E-state index contributed by atoms with van der Waals surface area (Å²) < 4.78 is 11.5. The van der Waals surface area contributed by atoms with E-state index in [0.717, 1.165) is 11.1 Å². The fraction of sp³-hybridized carbons (Fsp3) is 0.455. The van der Waals surface area contributed by atoms with Crippen molar-refractivity contribution in [3.63, 3.8) is 0 Å². The highest BCUT2D eigenvalue weighted by Gasteiger charge is 2.35. The van der Waals surface area contributed by atoms with Crippen LogP contribution in [0.25, 0.3) is 11.0 Å². The Morgan fingerprint density at radius 3 is 2.63 bits per heavy atom. The van der Waals surface area contributed by atoms with Crippen molar-refractivity contribution >= 4 is 16.8 Å². The van der Waals surface area contributed by atoms with Crippen molar-refractivity contribution < 1.29 is 19.1 Å². The molecule has 1 aliphatic heterocycles. The standard InChI is InChI=1S/C22H26O5/c1-6-12(5)19(24)18-20(25)13(9-8-11(3)4)21-17-14(15(7-2)26-21)10-16(23)27-22(17)18/h8,10,12,15,25H,6-7,9H2,1-5H3/t12-,15-/m0/s1. The SMILES string of the molecule is CC[C@@H]1Oc2c(CC=C(C)C)c(O)c(C(=O)[C@@H](C)CC)c3oc(=O)cc1c23. The van der Waals surface area contributed by atoms with E-state index >= 15 is 0 Å². The second-order valence-electron chi connectivity index (χ2n) is 7.43. The van der Waals surface area contributed by atoms with Crippen LogP contribution in [0.5, 0.6) is 11.5 Å². The molecule has 0 saturated heterocycles. The van der Waals surface area contributed by atoms with Gasteiger partial charge in [0.2, 0.25) is 0 Å². The van der Waals surface area contributed by atoms with Crippen LogP contribution >= 0.6 is 0 Å². The van der Waals surface area contributed by atoms with Crippen molar-refractivity contribution in [2.24, 2.45) is 5.92 Å². The number of hydrogen-bond acceptors (Lipinski definition) is 5. The van der Waals surface area contributed by atoms with Crippen LogP contribution in [0.15, 0.2) is 26.9 Å². The number of carbonyl (C=O) groups is 1. The van der Waals surface area contributed by atoms with Crippen LogP contribution in [-0.2, 0) is 6.42 Å². The normalized spacial score (nSPS) is 16.3. The van der Waals surface area contributed by atoms with Crippen LogP contribution in [0.3, 0.4) is 0 Å². The zero-order valence-electron chi connectivity index (χ0n) is 16.5. The molecule has 0 bridgehead atoms. The van der Waals surface area contributed by atoms with Gasteiger partial charge in [-0.1, -0.05) is 32.4 Å². The first-order valence-electron chi connectivity index (χ1n) is 9.49. The number of rotatable bonds is 6. The van der Waals surface area contributed by atoms with Crippen LogP contribution in [0.4, 0.5) is 0 Å². The van der Waals surface area contributed by atoms with Crippen molar-refractivity contribution in [2.45, 2.75) is 60.0 Å². The number of phenolic OH excluding ortho intramolecular Hbond substituents is 1. The minimum absolute atomic E-state index is 0.0968. The van der Waals surface area contributed by atoms with E-state index in [2.05, 4.69) is 0 Å². The van der Waals surface area contributed by atoms with E-state index in [4.69, 9.17) is 9.15 Å². The summed E-state index contributed by atoms with van der Waals surface area (Å²) in [5.74, 6) is -0.136. The maximum atomic E-state index is 13.0. The number of phenols is 1. The number of aromatic hydroxyl groups is 1. The van der Waals surface area contributed by atoms with Crippen molar-refractivity contribution in [3.05, 3.63) is 44.8 Å². The van der Waals surface area contributed by atoms with Gasteiger partial charge in [0, 0.05) is 23.1 Å². The van der Waals surface area contributed by atoms with Crippen molar-refractivity contribution in [3.8, 4) is 11.5 Å². The van der Waals surface area contributed by atoms with Gasteiger partial charge >= 0.3 is 5.63 Å². The Labute approximate surface area is 158 Å². The van der Waals surface area contributed by atoms with Crippen LogP contribution in [0, 0.1) is 5.92 Å². The van der Waals surface area contributed by atoms with Gasteiger partial charge in [0.15, 0.2) is 11.4 Å². The molecule has 0 unspecified atom stereocenters. The number of benzene rings is 1. The van der Waals surface area contributed by atoms with E-state index < -0.39 is 5.63 Å². The maximum Gasteiger partial charge on any atom is 0.336 e. The molecule has 144 valence electrons. The van der Waals surface area contributed by atoms with Gasteiger partial charge in [-0.25, -0.2) is 4.79 Å². The van der Waals surface area contributed by atoms with Crippen molar-refractivity contribution in [2.75, 3.05) is 0 Å². The highest BCUT2D eigenvalue weighted by atomic mass is 16.5.